The Bertz CT molecular complexity index is 609. The van der Waals surface area contributed by atoms with E-state index < -0.39 is 5.91 Å². The number of para-hydroxylation sites is 1. The summed E-state index contributed by atoms with van der Waals surface area (Å²) in [6.45, 7) is 3.02. The van der Waals surface area contributed by atoms with Crippen molar-refractivity contribution < 1.29 is 9.90 Å². The second kappa shape index (κ2) is 7.01. The minimum atomic E-state index is -0.597. The highest BCUT2D eigenvalue weighted by Crippen LogP contribution is 2.16. The van der Waals surface area contributed by atoms with E-state index in [1.165, 1.54) is 0 Å². The van der Waals surface area contributed by atoms with Crippen LogP contribution in [0.15, 0.2) is 30.5 Å². The first-order valence-electron chi connectivity index (χ1n) is 6.85. The lowest BCUT2D eigenvalue weighted by molar-refractivity contribution is 0.0989. The van der Waals surface area contributed by atoms with Gasteiger partial charge in [0.1, 0.15) is 6.20 Å². The number of aliphatic hydroxyl groups is 1. The number of carbonyl (C=O) groups is 1. The minimum Gasteiger partial charge on any atom is -0.392 e. The number of amides is 1. The molecule has 4 N–H and O–H groups in total. The Morgan fingerprint density at radius 1 is 1.52 bits per heavy atom. The zero-order valence-corrected chi connectivity index (χ0v) is 11.9. The summed E-state index contributed by atoms with van der Waals surface area (Å²) in [5.74, 6) is -0.448. The van der Waals surface area contributed by atoms with Crippen molar-refractivity contribution >= 4 is 5.91 Å². The third-order valence-corrected chi connectivity index (χ3v) is 3.22. The summed E-state index contributed by atoms with van der Waals surface area (Å²) in [5.41, 5.74) is 7.11. The Hall–Kier alpha value is -2.18. The van der Waals surface area contributed by atoms with E-state index in [1.807, 2.05) is 31.2 Å². The summed E-state index contributed by atoms with van der Waals surface area (Å²) < 4.78 is 1.62. The Kier molecular flexibility index (Phi) is 5.08. The molecule has 0 fully saturated rings. The molecule has 0 spiro atoms. The van der Waals surface area contributed by atoms with E-state index in [0.717, 1.165) is 11.3 Å². The zero-order valence-electron chi connectivity index (χ0n) is 11.9. The third kappa shape index (κ3) is 3.68. The average Bonchev–Trinajstić information content (AvgIpc) is 2.97. The van der Waals surface area contributed by atoms with Crippen LogP contribution in [0.5, 0.6) is 0 Å². The predicted octanol–water partition coefficient (Wildman–Crippen LogP) is 0.632. The Morgan fingerprint density at radius 3 is 3.00 bits per heavy atom. The van der Waals surface area contributed by atoms with Crippen LogP contribution in [0.25, 0.3) is 5.69 Å². The number of rotatable bonds is 7. The Morgan fingerprint density at radius 2 is 2.29 bits per heavy atom. The molecule has 2 rings (SSSR count). The van der Waals surface area contributed by atoms with Crippen molar-refractivity contribution in [2.45, 2.75) is 26.0 Å². The molecule has 1 unspecified atom stereocenters. The first kappa shape index (κ1) is 15.2. The molecule has 1 heterocycles. The molecule has 6 nitrogen and oxygen atoms in total. The van der Waals surface area contributed by atoms with Gasteiger partial charge in [0.05, 0.1) is 11.8 Å². The van der Waals surface area contributed by atoms with Crippen LogP contribution in [0.1, 0.15) is 29.5 Å². The lowest BCUT2D eigenvalue weighted by atomic mass is 10.1. The fourth-order valence-corrected chi connectivity index (χ4v) is 2.03. The molecule has 0 aliphatic carbocycles. The summed E-state index contributed by atoms with van der Waals surface area (Å²) in [6, 6.07) is 7.63. The van der Waals surface area contributed by atoms with E-state index in [1.54, 1.807) is 10.8 Å². The molecule has 1 atom stereocenters. The molecule has 2 aromatic rings. The van der Waals surface area contributed by atoms with Gasteiger partial charge in [-0.15, -0.1) is 0 Å². The van der Waals surface area contributed by atoms with Gasteiger partial charge in [0, 0.05) is 19.3 Å². The van der Waals surface area contributed by atoms with Crippen molar-refractivity contribution in [3.8, 4) is 5.69 Å². The van der Waals surface area contributed by atoms with Crippen molar-refractivity contribution in [2.75, 3.05) is 6.54 Å². The number of carbonyl (C=O) groups excluding carboxylic acids is 1. The van der Waals surface area contributed by atoms with E-state index in [2.05, 4.69) is 16.5 Å². The second-order valence-electron chi connectivity index (χ2n) is 4.75. The van der Waals surface area contributed by atoms with Crippen LogP contribution in [-0.2, 0) is 6.54 Å². The number of nitrogens with one attached hydrogen (secondary N) is 1. The number of hydrogen-bond acceptors (Lipinski definition) is 4. The predicted molar refractivity (Wildman–Crippen MR) is 78.9 cm³/mol. The molecule has 1 aromatic carbocycles. The average molecular weight is 287 g/mol. The fraction of sp³-hybridized carbons (Fsp3) is 0.333. The topological polar surface area (TPSA) is 93.2 Å². The lowest BCUT2D eigenvalue weighted by Crippen LogP contribution is -2.26. The number of hydrogen-bond donors (Lipinski definition) is 3. The van der Waals surface area contributed by atoms with Crippen LogP contribution in [-0.4, -0.2) is 33.2 Å². The number of imidazole rings is 1. The van der Waals surface area contributed by atoms with E-state index >= 15 is 0 Å². The number of nitrogens with two attached hydrogens (primary N) is 1. The van der Waals surface area contributed by atoms with Gasteiger partial charge in [-0.05, 0) is 18.1 Å². The SMILES string of the molecule is CCC(O)CNCc1ccccc1-n1c[c]nc1C(N)=O. The van der Waals surface area contributed by atoms with Crippen LogP contribution in [0.2, 0.25) is 0 Å². The summed E-state index contributed by atoms with van der Waals surface area (Å²) in [4.78, 5) is 15.2. The van der Waals surface area contributed by atoms with Crippen molar-refractivity contribution in [3.05, 3.63) is 48.0 Å². The van der Waals surface area contributed by atoms with Crippen LogP contribution >= 0.6 is 0 Å². The minimum absolute atomic E-state index is 0.149. The van der Waals surface area contributed by atoms with Gasteiger partial charge in [0.15, 0.2) is 0 Å². The maximum Gasteiger partial charge on any atom is 0.285 e. The van der Waals surface area contributed by atoms with Crippen LogP contribution in [0.3, 0.4) is 0 Å². The van der Waals surface area contributed by atoms with E-state index in [-0.39, 0.29) is 11.9 Å². The first-order valence-corrected chi connectivity index (χ1v) is 6.85. The summed E-state index contributed by atoms with van der Waals surface area (Å²) in [5, 5.41) is 12.8. The highest BCUT2D eigenvalue weighted by Gasteiger charge is 2.13. The summed E-state index contributed by atoms with van der Waals surface area (Å²) in [6.07, 6.45) is 4.57. The quantitative estimate of drug-likeness (QED) is 0.696. The number of aromatic nitrogens is 2. The van der Waals surface area contributed by atoms with Crippen molar-refractivity contribution in [1.29, 1.82) is 0 Å². The largest absolute Gasteiger partial charge is 0.392 e. The number of primary amides is 1. The van der Waals surface area contributed by atoms with E-state index in [9.17, 15) is 9.90 Å². The van der Waals surface area contributed by atoms with Crippen LogP contribution in [0.4, 0.5) is 0 Å². The van der Waals surface area contributed by atoms with Crippen molar-refractivity contribution in [3.63, 3.8) is 0 Å². The van der Waals surface area contributed by atoms with Gasteiger partial charge in [-0.25, -0.2) is 4.98 Å². The first-order chi connectivity index (χ1) is 10.1. The van der Waals surface area contributed by atoms with Crippen LogP contribution < -0.4 is 11.1 Å². The third-order valence-electron chi connectivity index (χ3n) is 3.22. The molecule has 21 heavy (non-hydrogen) atoms. The monoisotopic (exact) mass is 287 g/mol. The highest BCUT2D eigenvalue weighted by molar-refractivity contribution is 5.89. The molecule has 0 saturated heterocycles. The van der Waals surface area contributed by atoms with E-state index in [4.69, 9.17) is 5.73 Å². The number of benzene rings is 1. The molecule has 0 bridgehead atoms. The van der Waals surface area contributed by atoms with Gasteiger partial charge in [-0.2, -0.15) is 0 Å². The number of nitrogens with zero attached hydrogens (tertiary/aromatic N) is 2. The molecule has 1 radical (unpaired) electrons. The lowest BCUT2D eigenvalue weighted by Gasteiger charge is -2.14. The van der Waals surface area contributed by atoms with Gasteiger partial charge in [-0.1, -0.05) is 25.1 Å². The standard InChI is InChI=1S/C15H19N4O2/c1-2-12(20)10-17-9-11-5-3-4-6-13(11)19-8-7-18-15(19)14(16)21/h3-6,8,12,17,20H,2,9-10H2,1H3,(H2,16,21). The normalized spacial score (nSPS) is 12.3. The highest BCUT2D eigenvalue weighted by atomic mass is 16.3. The summed E-state index contributed by atoms with van der Waals surface area (Å²) >= 11 is 0. The second-order valence-corrected chi connectivity index (χ2v) is 4.75. The molecule has 6 heteroatoms. The van der Waals surface area contributed by atoms with Gasteiger partial charge in [0.2, 0.25) is 5.82 Å². The maximum absolute atomic E-state index is 11.4. The molecule has 0 saturated carbocycles. The van der Waals surface area contributed by atoms with Crippen molar-refractivity contribution in [1.82, 2.24) is 14.9 Å². The molecular formula is C15H19N4O2. The molecule has 1 amide bonds. The van der Waals surface area contributed by atoms with Gasteiger partial charge >= 0.3 is 0 Å². The zero-order chi connectivity index (χ0) is 15.2. The Balaban J connectivity index is 2.21. The van der Waals surface area contributed by atoms with Crippen LogP contribution in [0, 0.1) is 6.20 Å². The van der Waals surface area contributed by atoms with Crippen molar-refractivity contribution in [2.24, 2.45) is 5.73 Å². The fourth-order valence-electron chi connectivity index (χ4n) is 2.03. The molecular weight excluding hydrogens is 268 g/mol. The van der Waals surface area contributed by atoms with Gasteiger partial charge in [0.25, 0.3) is 5.91 Å². The Labute approximate surface area is 123 Å². The number of aliphatic hydroxyl groups excluding tert-OH is 1. The molecule has 0 aliphatic rings. The molecule has 111 valence electrons. The molecule has 0 aliphatic heterocycles. The van der Waals surface area contributed by atoms with Gasteiger partial charge < -0.3 is 16.2 Å². The summed E-state index contributed by atoms with van der Waals surface area (Å²) in [7, 11) is 0. The smallest absolute Gasteiger partial charge is 0.285 e. The van der Waals surface area contributed by atoms with E-state index in [0.29, 0.717) is 19.5 Å². The molecule has 1 aromatic heterocycles. The van der Waals surface area contributed by atoms with Gasteiger partial charge in [-0.3, -0.25) is 9.36 Å². The maximum atomic E-state index is 11.4.